The molecule has 0 radical (unpaired) electrons. The predicted octanol–water partition coefficient (Wildman–Crippen LogP) is 2.50. The lowest BCUT2D eigenvalue weighted by molar-refractivity contribution is 0.312. The summed E-state index contributed by atoms with van der Waals surface area (Å²) in [6.07, 6.45) is 5.08. The van der Waals surface area contributed by atoms with Crippen LogP contribution < -0.4 is 4.74 Å². The average molecular weight is 332 g/mol. The van der Waals surface area contributed by atoms with Gasteiger partial charge >= 0.3 is 6.01 Å². The van der Waals surface area contributed by atoms with Crippen LogP contribution in [-0.4, -0.2) is 21.2 Å². The van der Waals surface area contributed by atoms with Gasteiger partial charge in [0.2, 0.25) is 5.44 Å². The van der Waals surface area contributed by atoms with E-state index < -0.39 is 0 Å². The van der Waals surface area contributed by atoms with E-state index in [1.54, 1.807) is 30.2 Å². The zero-order chi connectivity index (χ0) is 10.9. The van der Waals surface area contributed by atoms with Gasteiger partial charge in [-0.15, -0.1) is 18.3 Å². The molecule has 1 aromatic rings. The maximum atomic E-state index is 5.47. The SMILES string of the molecule is C=CCSC(C#CI)Oc1ncccn1. The lowest BCUT2D eigenvalue weighted by Crippen LogP contribution is -2.11. The molecule has 1 unspecified atom stereocenters. The van der Waals surface area contributed by atoms with Crippen LogP contribution >= 0.6 is 34.4 Å². The summed E-state index contributed by atoms with van der Waals surface area (Å²) in [6.45, 7) is 3.64. The monoisotopic (exact) mass is 332 g/mol. The molecule has 0 aromatic carbocycles. The van der Waals surface area contributed by atoms with Gasteiger partial charge in [-0.1, -0.05) is 6.08 Å². The second kappa shape index (κ2) is 7.54. The van der Waals surface area contributed by atoms with Crippen LogP contribution in [-0.2, 0) is 0 Å². The maximum absolute atomic E-state index is 5.47. The van der Waals surface area contributed by atoms with E-state index in [1.165, 1.54) is 0 Å². The molecule has 78 valence electrons. The number of aromatic nitrogens is 2. The van der Waals surface area contributed by atoms with Crippen molar-refractivity contribution in [2.24, 2.45) is 0 Å². The summed E-state index contributed by atoms with van der Waals surface area (Å²) < 4.78 is 8.25. The molecule has 0 aliphatic rings. The summed E-state index contributed by atoms with van der Waals surface area (Å²) in [4.78, 5) is 7.93. The largest absolute Gasteiger partial charge is 0.437 e. The summed E-state index contributed by atoms with van der Waals surface area (Å²) in [5, 5.41) is 0. The quantitative estimate of drug-likeness (QED) is 0.359. The molecule has 0 aliphatic heterocycles. The Morgan fingerprint density at radius 1 is 1.60 bits per heavy atom. The van der Waals surface area contributed by atoms with E-state index in [2.05, 4.69) is 26.4 Å². The number of hydrogen-bond donors (Lipinski definition) is 0. The van der Waals surface area contributed by atoms with Gasteiger partial charge in [0.05, 0.1) is 0 Å². The molecule has 3 nitrogen and oxygen atoms in total. The number of ether oxygens (including phenoxy) is 1. The van der Waals surface area contributed by atoms with Crippen molar-refractivity contribution in [3.63, 3.8) is 0 Å². The van der Waals surface area contributed by atoms with E-state index in [4.69, 9.17) is 4.74 Å². The fraction of sp³-hybridized carbons (Fsp3) is 0.200. The third-order valence-electron chi connectivity index (χ3n) is 1.29. The highest BCUT2D eigenvalue weighted by Gasteiger charge is 2.07. The standard InChI is InChI=1S/C10H9IN2OS/c1-2-8-15-9(4-5-11)14-10-12-6-3-7-13-10/h2-3,6-7,9H,1,8H2. The van der Waals surface area contributed by atoms with Crippen molar-refractivity contribution >= 4 is 34.4 Å². The van der Waals surface area contributed by atoms with Crippen LogP contribution in [0.25, 0.3) is 0 Å². The molecule has 0 aliphatic carbocycles. The van der Waals surface area contributed by atoms with Crippen molar-refractivity contribution in [2.45, 2.75) is 5.44 Å². The van der Waals surface area contributed by atoms with Crippen LogP contribution in [0, 0.1) is 9.85 Å². The van der Waals surface area contributed by atoms with Crippen LogP contribution in [0.1, 0.15) is 0 Å². The van der Waals surface area contributed by atoms with Crippen LogP contribution in [0.4, 0.5) is 0 Å². The second-order valence-electron chi connectivity index (χ2n) is 2.34. The van der Waals surface area contributed by atoms with Crippen LogP contribution in [0.3, 0.4) is 0 Å². The normalized spacial score (nSPS) is 11.0. The fourth-order valence-corrected chi connectivity index (χ4v) is 1.85. The molecular formula is C10H9IN2OS. The Hall–Kier alpha value is -0.740. The highest BCUT2D eigenvalue weighted by Crippen LogP contribution is 2.14. The minimum absolute atomic E-state index is 0.248. The number of hydrogen-bond acceptors (Lipinski definition) is 4. The van der Waals surface area contributed by atoms with E-state index in [-0.39, 0.29) is 5.44 Å². The molecule has 1 heterocycles. The lowest BCUT2D eigenvalue weighted by Gasteiger charge is -2.09. The zero-order valence-electron chi connectivity index (χ0n) is 7.89. The number of nitrogens with zero attached hydrogens (tertiary/aromatic N) is 2. The topological polar surface area (TPSA) is 35.0 Å². The van der Waals surface area contributed by atoms with Crippen LogP contribution in [0.2, 0.25) is 0 Å². The number of thioether (sulfide) groups is 1. The minimum atomic E-state index is -0.248. The van der Waals surface area contributed by atoms with Gasteiger partial charge in [0.15, 0.2) is 0 Å². The highest BCUT2D eigenvalue weighted by molar-refractivity contribution is 14.1. The lowest BCUT2D eigenvalue weighted by atomic mass is 10.7. The molecule has 0 N–H and O–H groups in total. The maximum Gasteiger partial charge on any atom is 0.318 e. The Morgan fingerprint density at radius 2 is 2.33 bits per heavy atom. The van der Waals surface area contributed by atoms with Gasteiger partial charge in [-0.05, 0) is 15.9 Å². The van der Waals surface area contributed by atoms with Gasteiger partial charge in [-0.2, -0.15) is 0 Å². The summed E-state index contributed by atoms with van der Waals surface area (Å²) in [6, 6.07) is 2.08. The molecule has 0 amide bonds. The van der Waals surface area contributed by atoms with Gasteiger partial charge in [0.1, 0.15) is 0 Å². The van der Waals surface area contributed by atoms with Crippen molar-refractivity contribution < 1.29 is 4.74 Å². The first-order valence-electron chi connectivity index (χ1n) is 4.14. The van der Waals surface area contributed by atoms with Crippen LogP contribution in [0.15, 0.2) is 31.1 Å². The summed E-state index contributed by atoms with van der Waals surface area (Å²) in [5.74, 6) is 3.70. The minimum Gasteiger partial charge on any atom is -0.437 e. The molecule has 1 aromatic heterocycles. The molecule has 1 atom stereocenters. The van der Waals surface area contributed by atoms with Crippen molar-refractivity contribution in [3.8, 4) is 15.9 Å². The van der Waals surface area contributed by atoms with Gasteiger partial charge < -0.3 is 4.74 Å². The first-order chi connectivity index (χ1) is 7.36. The van der Waals surface area contributed by atoms with Crippen molar-refractivity contribution in [3.05, 3.63) is 31.1 Å². The fourth-order valence-electron chi connectivity index (χ4n) is 0.747. The summed E-state index contributed by atoms with van der Waals surface area (Å²) >= 11 is 3.52. The molecule has 15 heavy (non-hydrogen) atoms. The van der Waals surface area contributed by atoms with E-state index >= 15 is 0 Å². The van der Waals surface area contributed by atoms with Gasteiger partial charge in [0.25, 0.3) is 0 Å². The predicted molar refractivity (Wildman–Crippen MR) is 70.9 cm³/mol. The van der Waals surface area contributed by atoms with E-state index in [1.807, 2.05) is 28.7 Å². The molecule has 5 heteroatoms. The first kappa shape index (κ1) is 12.3. The third kappa shape index (κ3) is 5.04. The van der Waals surface area contributed by atoms with Crippen LogP contribution in [0.5, 0.6) is 6.01 Å². The number of halogens is 1. The summed E-state index contributed by atoms with van der Waals surface area (Å²) in [5.41, 5.74) is -0.248. The number of rotatable bonds is 5. The zero-order valence-corrected chi connectivity index (χ0v) is 10.9. The van der Waals surface area contributed by atoms with Gasteiger partial charge in [-0.25, -0.2) is 9.97 Å². The van der Waals surface area contributed by atoms with Crippen molar-refractivity contribution in [2.75, 3.05) is 5.75 Å². The highest BCUT2D eigenvalue weighted by atomic mass is 127. The first-order valence-corrected chi connectivity index (χ1v) is 6.27. The Bertz CT molecular complexity index is 361. The Balaban J connectivity index is 2.57. The molecule has 0 saturated heterocycles. The Kier molecular flexibility index (Phi) is 6.20. The smallest absolute Gasteiger partial charge is 0.318 e. The Labute approximate surface area is 107 Å². The third-order valence-corrected chi connectivity index (χ3v) is 2.55. The molecular weight excluding hydrogens is 323 g/mol. The summed E-state index contributed by atoms with van der Waals surface area (Å²) in [7, 11) is 0. The second-order valence-corrected chi connectivity index (χ2v) is 3.98. The molecule has 0 spiro atoms. The van der Waals surface area contributed by atoms with Gasteiger partial charge in [-0.3, -0.25) is 0 Å². The molecule has 0 fully saturated rings. The molecule has 0 bridgehead atoms. The average Bonchev–Trinajstić information content (AvgIpc) is 2.28. The molecule has 1 rings (SSSR count). The van der Waals surface area contributed by atoms with E-state index in [9.17, 15) is 0 Å². The van der Waals surface area contributed by atoms with E-state index in [0.29, 0.717) is 6.01 Å². The molecule has 0 saturated carbocycles. The van der Waals surface area contributed by atoms with Gasteiger partial charge in [0, 0.05) is 40.7 Å². The Morgan fingerprint density at radius 3 is 2.93 bits per heavy atom. The van der Waals surface area contributed by atoms with E-state index in [0.717, 1.165) is 5.75 Å². The van der Waals surface area contributed by atoms with Crippen molar-refractivity contribution in [1.29, 1.82) is 0 Å². The van der Waals surface area contributed by atoms with Crippen molar-refractivity contribution in [1.82, 2.24) is 9.97 Å².